The van der Waals surface area contributed by atoms with E-state index < -0.39 is 0 Å². The van der Waals surface area contributed by atoms with E-state index in [1.807, 2.05) is 23.0 Å². The summed E-state index contributed by atoms with van der Waals surface area (Å²) in [6.45, 7) is 4.10. The van der Waals surface area contributed by atoms with Crippen molar-refractivity contribution >= 4 is 16.9 Å². The average Bonchev–Trinajstić information content (AvgIpc) is 3.29. The molecule has 0 aromatic carbocycles. The highest BCUT2D eigenvalue weighted by Crippen LogP contribution is 2.48. The first-order chi connectivity index (χ1) is 13.1. The van der Waals surface area contributed by atoms with E-state index in [1.165, 1.54) is 6.33 Å². The minimum Gasteiger partial charge on any atom is -0.383 e. The summed E-state index contributed by atoms with van der Waals surface area (Å²) in [6, 6.07) is 4.04. The molecule has 1 aliphatic rings. The molecule has 1 aliphatic carbocycles. The van der Waals surface area contributed by atoms with Gasteiger partial charge in [0.2, 0.25) is 0 Å². The van der Waals surface area contributed by atoms with Crippen LogP contribution in [0.5, 0.6) is 0 Å². The molecule has 8 nitrogen and oxygen atoms in total. The molecule has 0 radical (unpaired) electrons. The average molecular weight is 361 g/mol. The molecule has 0 unspecified atom stereocenters. The maximum atomic E-state index is 6.20. The molecule has 0 aliphatic heterocycles. The summed E-state index contributed by atoms with van der Waals surface area (Å²) >= 11 is 0. The number of nitrogens with zero attached hydrogens (tertiary/aromatic N) is 6. The fourth-order valence-corrected chi connectivity index (χ4v) is 3.40. The van der Waals surface area contributed by atoms with Crippen molar-refractivity contribution < 1.29 is 4.52 Å². The van der Waals surface area contributed by atoms with Crippen molar-refractivity contribution in [3.63, 3.8) is 0 Å². The van der Waals surface area contributed by atoms with E-state index in [9.17, 15) is 0 Å². The molecule has 136 valence electrons. The number of nitrogen functional groups attached to an aromatic ring is 1. The van der Waals surface area contributed by atoms with E-state index in [0.29, 0.717) is 34.2 Å². The number of hydrogen-bond acceptors (Lipinski definition) is 7. The number of aromatic nitrogens is 6. The number of anilines is 1. The minimum atomic E-state index is 0.118. The molecular formula is C19H19N7O. The van der Waals surface area contributed by atoms with Gasteiger partial charge in [-0.05, 0) is 32.8 Å². The van der Waals surface area contributed by atoms with Crippen LogP contribution in [0.1, 0.15) is 44.4 Å². The molecule has 4 aromatic heterocycles. The summed E-state index contributed by atoms with van der Waals surface area (Å²) in [6.07, 6.45) is 7.25. The molecule has 0 atom stereocenters. The zero-order valence-corrected chi connectivity index (χ0v) is 15.1. The lowest BCUT2D eigenvalue weighted by Crippen LogP contribution is -2.04. The molecule has 1 saturated carbocycles. The second-order valence-electron chi connectivity index (χ2n) is 7.13. The van der Waals surface area contributed by atoms with Crippen LogP contribution in [0.25, 0.3) is 33.5 Å². The topological polar surface area (TPSA) is 109 Å². The highest BCUT2D eigenvalue weighted by atomic mass is 16.5. The van der Waals surface area contributed by atoms with Gasteiger partial charge in [-0.15, -0.1) is 0 Å². The summed E-state index contributed by atoms with van der Waals surface area (Å²) in [5, 5.41) is 9.89. The Labute approximate surface area is 155 Å². The van der Waals surface area contributed by atoms with Gasteiger partial charge in [0.15, 0.2) is 5.65 Å². The maximum Gasteiger partial charge on any atom is 0.164 e. The van der Waals surface area contributed by atoms with Crippen molar-refractivity contribution in [2.24, 2.45) is 0 Å². The predicted octanol–water partition coefficient (Wildman–Crippen LogP) is 3.58. The molecule has 0 amide bonds. The zero-order valence-electron chi connectivity index (χ0n) is 15.1. The van der Waals surface area contributed by atoms with Crippen molar-refractivity contribution in [1.82, 2.24) is 29.9 Å². The van der Waals surface area contributed by atoms with Gasteiger partial charge in [0.1, 0.15) is 29.3 Å². The molecule has 4 heterocycles. The normalized spacial score (nSPS) is 14.3. The first-order valence-electron chi connectivity index (χ1n) is 9.04. The van der Waals surface area contributed by atoms with E-state index in [2.05, 4.69) is 34.0 Å². The Balaban J connectivity index is 1.82. The van der Waals surface area contributed by atoms with E-state index in [1.54, 1.807) is 6.20 Å². The summed E-state index contributed by atoms with van der Waals surface area (Å²) in [5.74, 6) is 1.67. The quantitative estimate of drug-likeness (QED) is 0.591. The number of fused-ring (bicyclic) bond motifs is 1. The van der Waals surface area contributed by atoms with E-state index in [-0.39, 0.29) is 6.04 Å². The van der Waals surface area contributed by atoms with Crippen molar-refractivity contribution in [3.8, 4) is 22.5 Å². The summed E-state index contributed by atoms with van der Waals surface area (Å²) in [7, 11) is 0. The lowest BCUT2D eigenvalue weighted by molar-refractivity contribution is 0.386. The highest BCUT2D eigenvalue weighted by Gasteiger charge is 2.35. The van der Waals surface area contributed by atoms with Crippen LogP contribution >= 0.6 is 0 Å². The van der Waals surface area contributed by atoms with Crippen LogP contribution in [0.3, 0.4) is 0 Å². The van der Waals surface area contributed by atoms with Gasteiger partial charge in [0.25, 0.3) is 0 Å². The zero-order chi connectivity index (χ0) is 18.5. The third kappa shape index (κ3) is 2.48. The Morgan fingerprint density at radius 1 is 1.22 bits per heavy atom. The summed E-state index contributed by atoms with van der Waals surface area (Å²) < 4.78 is 7.63. The molecule has 0 spiro atoms. The molecule has 27 heavy (non-hydrogen) atoms. The number of rotatable bonds is 4. The first kappa shape index (κ1) is 15.9. The van der Waals surface area contributed by atoms with Crippen LogP contribution in [0.2, 0.25) is 0 Å². The summed E-state index contributed by atoms with van der Waals surface area (Å²) in [4.78, 5) is 12.8. The molecule has 1 fully saturated rings. The molecule has 0 bridgehead atoms. The van der Waals surface area contributed by atoms with Crippen LogP contribution in [-0.4, -0.2) is 29.9 Å². The van der Waals surface area contributed by atoms with E-state index >= 15 is 0 Å². The molecular weight excluding hydrogens is 342 g/mol. The SMILES string of the molecule is CC(C)n1nc(-c2noc(C3CC3)c2-c2cccnc2)c2c(N)ncnc21. The Hall–Kier alpha value is -3.29. The van der Waals surface area contributed by atoms with E-state index in [0.717, 1.165) is 29.7 Å². The molecule has 5 rings (SSSR count). The van der Waals surface area contributed by atoms with Crippen LogP contribution in [0, 0.1) is 0 Å². The van der Waals surface area contributed by atoms with Crippen LogP contribution in [-0.2, 0) is 0 Å². The van der Waals surface area contributed by atoms with Crippen LogP contribution < -0.4 is 5.73 Å². The van der Waals surface area contributed by atoms with Gasteiger partial charge < -0.3 is 10.3 Å². The molecule has 2 N–H and O–H groups in total. The standard InChI is InChI=1S/C19H19N7O/c1-10(2)26-19-14(18(20)22-9-23-19)15(24-26)16-13(12-4-3-7-21-8-12)17(27-25-16)11-5-6-11/h3-4,7-11H,5-6H2,1-2H3,(H2,20,22,23). The van der Waals surface area contributed by atoms with Crippen LogP contribution in [0.15, 0.2) is 35.4 Å². The number of hydrogen-bond donors (Lipinski definition) is 1. The third-order valence-electron chi connectivity index (χ3n) is 4.85. The number of pyridine rings is 1. The Morgan fingerprint density at radius 2 is 2.07 bits per heavy atom. The third-order valence-corrected chi connectivity index (χ3v) is 4.85. The Morgan fingerprint density at radius 3 is 2.78 bits per heavy atom. The van der Waals surface area contributed by atoms with Gasteiger partial charge >= 0.3 is 0 Å². The smallest absolute Gasteiger partial charge is 0.164 e. The maximum absolute atomic E-state index is 6.20. The van der Waals surface area contributed by atoms with Gasteiger partial charge in [0, 0.05) is 29.9 Å². The second kappa shape index (κ2) is 5.87. The van der Waals surface area contributed by atoms with Gasteiger partial charge in [-0.2, -0.15) is 5.10 Å². The lowest BCUT2D eigenvalue weighted by Gasteiger charge is -2.05. The second-order valence-corrected chi connectivity index (χ2v) is 7.13. The molecule has 8 heteroatoms. The fourth-order valence-electron chi connectivity index (χ4n) is 3.40. The largest absolute Gasteiger partial charge is 0.383 e. The van der Waals surface area contributed by atoms with Crippen molar-refractivity contribution in [2.45, 2.75) is 38.6 Å². The molecule has 0 saturated heterocycles. The van der Waals surface area contributed by atoms with E-state index in [4.69, 9.17) is 15.4 Å². The van der Waals surface area contributed by atoms with Gasteiger partial charge in [-0.3, -0.25) is 4.98 Å². The predicted molar refractivity (Wildman–Crippen MR) is 101 cm³/mol. The lowest BCUT2D eigenvalue weighted by atomic mass is 10.0. The summed E-state index contributed by atoms with van der Waals surface area (Å²) in [5.41, 5.74) is 10.1. The minimum absolute atomic E-state index is 0.118. The van der Waals surface area contributed by atoms with Crippen molar-refractivity contribution in [3.05, 3.63) is 36.6 Å². The van der Waals surface area contributed by atoms with Gasteiger partial charge in [0.05, 0.1) is 10.9 Å². The highest BCUT2D eigenvalue weighted by molar-refractivity contribution is 6.00. The van der Waals surface area contributed by atoms with Gasteiger partial charge in [-0.1, -0.05) is 11.2 Å². The Kier molecular flexibility index (Phi) is 3.46. The molecule has 4 aromatic rings. The van der Waals surface area contributed by atoms with Crippen molar-refractivity contribution in [2.75, 3.05) is 5.73 Å². The van der Waals surface area contributed by atoms with Gasteiger partial charge in [-0.25, -0.2) is 14.6 Å². The Bertz CT molecular complexity index is 1130. The first-order valence-corrected chi connectivity index (χ1v) is 9.04. The van der Waals surface area contributed by atoms with Crippen LogP contribution in [0.4, 0.5) is 5.82 Å². The van der Waals surface area contributed by atoms with Crippen molar-refractivity contribution in [1.29, 1.82) is 0 Å². The number of nitrogens with two attached hydrogens (primary N) is 1. The monoisotopic (exact) mass is 361 g/mol. The fraction of sp³-hybridized carbons (Fsp3) is 0.316.